The number of aliphatic hydroxyl groups is 1. The van der Waals surface area contributed by atoms with Gasteiger partial charge in [-0.15, -0.1) is 0 Å². The fraction of sp³-hybridized carbons (Fsp3) is 0.524. The molecule has 1 N–H and O–H groups in total. The molecule has 2 aromatic rings. The van der Waals surface area contributed by atoms with Crippen molar-refractivity contribution in [1.29, 1.82) is 0 Å². The van der Waals surface area contributed by atoms with Crippen molar-refractivity contribution in [3.05, 3.63) is 42.0 Å². The molecular weight excluding hydrogens is 332 g/mol. The highest BCUT2D eigenvalue weighted by atomic mass is 16.6. The predicted molar refractivity (Wildman–Crippen MR) is 101 cm³/mol. The third kappa shape index (κ3) is 3.86. The summed E-state index contributed by atoms with van der Waals surface area (Å²) in [6.45, 7) is 6.32. The van der Waals surface area contributed by atoms with E-state index in [0.29, 0.717) is 12.4 Å². The molecule has 5 nitrogen and oxygen atoms in total. The first-order valence-corrected chi connectivity index (χ1v) is 8.91. The van der Waals surface area contributed by atoms with Crippen LogP contribution in [0.4, 0.5) is 0 Å². The summed E-state index contributed by atoms with van der Waals surface area (Å²) in [6, 6.07) is 12.0. The molecule has 0 saturated carbocycles. The standard InChI is InChI=1S/C21H28O5/c1-21(2,3)25-12-17-20(24-5)18(22)19(26-17)15-10-13-8-6-7-9-14(13)11-16(15)23-4/h6-11,17-20,22H,12H2,1-5H3/t17-,18?,19+,20?/m1/s1. The van der Waals surface area contributed by atoms with Gasteiger partial charge in [-0.05, 0) is 43.7 Å². The molecule has 0 spiro atoms. The average molecular weight is 360 g/mol. The van der Waals surface area contributed by atoms with Crippen molar-refractivity contribution < 1.29 is 24.1 Å². The molecule has 5 heteroatoms. The van der Waals surface area contributed by atoms with Crippen LogP contribution in [-0.4, -0.2) is 49.8 Å². The van der Waals surface area contributed by atoms with E-state index in [4.69, 9.17) is 18.9 Å². The summed E-state index contributed by atoms with van der Waals surface area (Å²) in [4.78, 5) is 0. The number of fused-ring (bicyclic) bond motifs is 1. The van der Waals surface area contributed by atoms with Crippen LogP contribution >= 0.6 is 0 Å². The van der Waals surface area contributed by atoms with Gasteiger partial charge in [0.1, 0.15) is 30.2 Å². The van der Waals surface area contributed by atoms with Gasteiger partial charge in [-0.3, -0.25) is 0 Å². The maximum Gasteiger partial charge on any atom is 0.125 e. The predicted octanol–water partition coefficient (Wildman–Crippen LogP) is 3.48. The third-order valence-electron chi connectivity index (χ3n) is 4.69. The lowest BCUT2D eigenvalue weighted by molar-refractivity contribution is -0.0948. The maximum absolute atomic E-state index is 10.8. The van der Waals surface area contributed by atoms with Crippen LogP contribution in [0.25, 0.3) is 10.8 Å². The van der Waals surface area contributed by atoms with E-state index in [9.17, 15) is 5.11 Å². The fourth-order valence-electron chi connectivity index (χ4n) is 3.39. The Labute approximate surface area is 154 Å². The fourth-order valence-corrected chi connectivity index (χ4v) is 3.39. The monoisotopic (exact) mass is 360 g/mol. The number of aliphatic hydroxyl groups excluding tert-OH is 1. The molecule has 1 saturated heterocycles. The molecule has 142 valence electrons. The largest absolute Gasteiger partial charge is 0.496 e. The van der Waals surface area contributed by atoms with Crippen molar-refractivity contribution in [2.24, 2.45) is 0 Å². The van der Waals surface area contributed by atoms with E-state index in [1.54, 1.807) is 14.2 Å². The van der Waals surface area contributed by atoms with E-state index in [0.717, 1.165) is 16.3 Å². The minimum atomic E-state index is -0.802. The Balaban J connectivity index is 1.92. The Morgan fingerprint density at radius 1 is 1.08 bits per heavy atom. The second-order valence-electron chi connectivity index (χ2n) is 7.65. The molecule has 2 aromatic carbocycles. The van der Waals surface area contributed by atoms with Gasteiger partial charge < -0.3 is 24.1 Å². The van der Waals surface area contributed by atoms with Crippen molar-refractivity contribution in [1.82, 2.24) is 0 Å². The van der Waals surface area contributed by atoms with Gasteiger partial charge in [-0.2, -0.15) is 0 Å². The number of hydrogen-bond acceptors (Lipinski definition) is 5. The van der Waals surface area contributed by atoms with Crippen LogP contribution in [0.15, 0.2) is 36.4 Å². The molecule has 1 aliphatic rings. The lowest BCUT2D eigenvalue weighted by atomic mass is 9.97. The third-order valence-corrected chi connectivity index (χ3v) is 4.69. The number of benzene rings is 2. The zero-order valence-corrected chi connectivity index (χ0v) is 16.1. The van der Waals surface area contributed by atoms with Crippen molar-refractivity contribution >= 4 is 10.8 Å². The molecule has 0 radical (unpaired) electrons. The topological polar surface area (TPSA) is 57.2 Å². The minimum absolute atomic E-state index is 0.286. The van der Waals surface area contributed by atoms with Gasteiger partial charge in [0.25, 0.3) is 0 Å². The molecule has 1 aliphatic heterocycles. The van der Waals surface area contributed by atoms with Gasteiger partial charge in [0.05, 0.1) is 19.3 Å². The molecule has 1 fully saturated rings. The van der Waals surface area contributed by atoms with Gasteiger partial charge in [0.15, 0.2) is 0 Å². The Hall–Kier alpha value is -1.66. The molecule has 26 heavy (non-hydrogen) atoms. The van der Waals surface area contributed by atoms with E-state index >= 15 is 0 Å². The molecule has 1 heterocycles. The van der Waals surface area contributed by atoms with Gasteiger partial charge in [-0.25, -0.2) is 0 Å². The molecule has 0 amide bonds. The summed E-state index contributed by atoms with van der Waals surface area (Å²) in [6.07, 6.45) is -2.15. The maximum atomic E-state index is 10.8. The van der Waals surface area contributed by atoms with E-state index < -0.39 is 18.3 Å². The van der Waals surface area contributed by atoms with Crippen LogP contribution < -0.4 is 4.74 Å². The first kappa shape index (κ1) is 19.1. The Morgan fingerprint density at radius 2 is 1.73 bits per heavy atom. The zero-order valence-electron chi connectivity index (χ0n) is 16.1. The van der Waals surface area contributed by atoms with Gasteiger partial charge in [0, 0.05) is 12.7 Å². The number of rotatable bonds is 5. The Morgan fingerprint density at radius 3 is 2.31 bits per heavy atom. The SMILES string of the molecule is COc1cc2ccccc2cc1[C@@H]1O[C@H](COC(C)(C)C)C(OC)C1O. The molecule has 0 bridgehead atoms. The van der Waals surface area contributed by atoms with Gasteiger partial charge in [-0.1, -0.05) is 24.3 Å². The summed E-state index contributed by atoms with van der Waals surface area (Å²) in [5.41, 5.74) is 0.532. The van der Waals surface area contributed by atoms with Crippen molar-refractivity contribution in [2.45, 2.75) is 50.8 Å². The van der Waals surface area contributed by atoms with E-state index in [1.165, 1.54) is 0 Å². The number of hydrogen-bond donors (Lipinski definition) is 1. The van der Waals surface area contributed by atoms with E-state index in [-0.39, 0.29) is 11.7 Å². The minimum Gasteiger partial charge on any atom is -0.496 e. The molecule has 0 aromatic heterocycles. The summed E-state index contributed by atoms with van der Waals surface area (Å²) in [7, 11) is 3.21. The van der Waals surface area contributed by atoms with Gasteiger partial charge in [0.2, 0.25) is 0 Å². The normalized spacial score (nSPS) is 26.4. The van der Waals surface area contributed by atoms with Crippen molar-refractivity contribution in [3.8, 4) is 5.75 Å². The Kier molecular flexibility index (Phi) is 5.53. The van der Waals surface area contributed by atoms with Gasteiger partial charge >= 0.3 is 0 Å². The smallest absolute Gasteiger partial charge is 0.125 e. The van der Waals surface area contributed by atoms with Crippen molar-refractivity contribution in [3.63, 3.8) is 0 Å². The van der Waals surface area contributed by atoms with Crippen LogP contribution in [-0.2, 0) is 14.2 Å². The summed E-state index contributed by atoms with van der Waals surface area (Å²) in [5, 5.41) is 13.0. The van der Waals surface area contributed by atoms with Crippen LogP contribution in [0.5, 0.6) is 5.75 Å². The summed E-state index contributed by atoms with van der Waals surface area (Å²) >= 11 is 0. The highest BCUT2D eigenvalue weighted by molar-refractivity contribution is 5.85. The molecule has 4 atom stereocenters. The molecule has 3 rings (SSSR count). The number of methoxy groups -OCH3 is 2. The second-order valence-corrected chi connectivity index (χ2v) is 7.65. The quantitative estimate of drug-likeness (QED) is 0.885. The first-order valence-electron chi connectivity index (χ1n) is 8.91. The van der Waals surface area contributed by atoms with Crippen molar-refractivity contribution in [2.75, 3.05) is 20.8 Å². The lowest BCUT2D eigenvalue weighted by Gasteiger charge is -2.24. The molecule has 0 aliphatic carbocycles. The highest BCUT2D eigenvalue weighted by Crippen LogP contribution is 2.41. The van der Waals surface area contributed by atoms with Crippen LogP contribution in [0.1, 0.15) is 32.4 Å². The highest BCUT2D eigenvalue weighted by Gasteiger charge is 2.46. The van der Waals surface area contributed by atoms with E-state index in [2.05, 4.69) is 0 Å². The van der Waals surface area contributed by atoms with Crippen LogP contribution in [0.2, 0.25) is 0 Å². The second kappa shape index (κ2) is 7.53. The zero-order chi connectivity index (χ0) is 18.9. The molecular formula is C21H28O5. The average Bonchev–Trinajstić information content (AvgIpc) is 2.93. The molecule has 2 unspecified atom stereocenters. The van der Waals surface area contributed by atoms with Crippen LogP contribution in [0, 0.1) is 0 Å². The summed E-state index contributed by atoms with van der Waals surface area (Å²) < 4.78 is 23.1. The number of ether oxygens (including phenoxy) is 4. The van der Waals surface area contributed by atoms with Crippen LogP contribution in [0.3, 0.4) is 0 Å². The lowest BCUT2D eigenvalue weighted by Crippen LogP contribution is -2.37. The van der Waals surface area contributed by atoms with E-state index in [1.807, 2.05) is 57.2 Å². The Bertz CT molecular complexity index is 752. The summed E-state index contributed by atoms with van der Waals surface area (Å²) in [5.74, 6) is 0.694. The first-order chi connectivity index (χ1) is 12.3.